The van der Waals surface area contributed by atoms with Gasteiger partial charge < -0.3 is 28.7 Å². The lowest BCUT2D eigenvalue weighted by atomic mass is 9.87. The molecule has 0 radical (unpaired) electrons. The van der Waals surface area contributed by atoms with Gasteiger partial charge in [0.2, 0.25) is 0 Å². The highest BCUT2D eigenvalue weighted by Gasteiger charge is 2.37. The highest BCUT2D eigenvalue weighted by Crippen LogP contribution is 2.40. The third-order valence-electron chi connectivity index (χ3n) is 6.42. The number of ether oxygens (including phenoxy) is 4. The van der Waals surface area contributed by atoms with E-state index in [-0.39, 0.29) is 35.4 Å². The molecule has 12 heteroatoms. The van der Waals surface area contributed by atoms with Crippen molar-refractivity contribution in [1.29, 1.82) is 0 Å². The van der Waals surface area contributed by atoms with Gasteiger partial charge in [-0.3, -0.25) is 0 Å². The molecule has 2 aliphatic rings. The van der Waals surface area contributed by atoms with Crippen LogP contribution in [0.5, 0.6) is 0 Å². The van der Waals surface area contributed by atoms with Gasteiger partial charge in [0.25, 0.3) is 0 Å². The summed E-state index contributed by atoms with van der Waals surface area (Å²) in [6.45, 7) is 0.551. The predicted octanol–water partition coefficient (Wildman–Crippen LogP) is 3.54. The fourth-order valence-corrected chi connectivity index (χ4v) is 6.31. The summed E-state index contributed by atoms with van der Waals surface area (Å²) in [7, 11) is 5.13. The summed E-state index contributed by atoms with van der Waals surface area (Å²) in [5.41, 5.74) is 1.11. The lowest BCUT2D eigenvalue weighted by molar-refractivity contribution is -0.139. The van der Waals surface area contributed by atoms with Crippen molar-refractivity contribution >= 4 is 46.6 Å². The maximum absolute atomic E-state index is 12.8. The van der Waals surface area contributed by atoms with E-state index >= 15 is 0 Å². The molecule has 0 unspecified atom stereocenters. The third-order valence-corrected chi connectivity index (χ3v) is 8.29. The first kappa shape index (κ1) is 28.8. The number of thiophene rings is 2. The van der Waals surface area contributed by atoms with Crippen molar-refractivity contribution < 1.29 is 38.1 Å². The molecule has 2 aliphatic heterocycles. The van der Waals surface area contributed by atoms with Crippen LogP contribution in [0.15, 0.2) is 82.1 Å². The molecule has 0 saturated heterocycles. The summed E-state index contributed by atoms with van der Waals surface area (Å²) in [6.07, 6.45) is 6.54. The Morgan fingerprint density at radius 2 is 0.900 bits per heavy atom. The van der Waals surface area contributed by atoms with Crippen molar-refractivity contribution in [3.63, 3.8) is 0 Å². The summed E-state index contributed by atoms with van der Waals surface area (Å²) in [6, 6.07) is 7.36. The van der Waals surface area contributed by atoms with Crippen molar-refractivity contribution in [2.75, 3.05) is 41.5 Å². The van der Waals surface area contributed by atoms with Crippen molar-refractivity contribution in [3.05, 3.63) is 91.9 Å². The molecule has 4 rings (SSSR count). The van der Waals surface area contributed by atoms with Gasteiger partial charge in [-0.25, -0.2) is 19.2 Å². The number of nitrogens with zero attached hydrogens (tertiary/aromatic N) is 2. The van der Waals surface area contributed by atoms with Crippen molar-refractivity contribution in [2.24, 2.45) is 0 Å². The van der Waals surface area contributed by atoms with E-state index in [9.17, 15) is 19.2 Å². The van der Waals surface area contributed by atoms with E-state index in [0.717, 1.165) is 9.75 Å². The minimum Gasteiger partial charge on any atom is -0.466 e. The number of rotatable bonds is 9. The summed E-state index contributed by atoms with van der Waals surface area (Å²) in [5, 5.41) is 3.73. The highest BCUT2D eigenvalue weighted by molar-refractivity contribution is 7.10. The predicted molar refractivity (Wildman–Crippen MR) is 148 cm³/mol. The van der Waals surface area contributed by atoms with E-state index in [1.165, 1.54) is 51.1 Å². The minimum absolute atomic E-state index is 0.276. The molecule has 0 aromatic carbocycles. The van der Waals surface area contributed by atoms with E-state index < -0.39 is 35.7 Å². The monoisotopic (exact) mass is 584 g/mol. The number of hydrogen-bond acceptors (Lipinski definition) is 12. The molecule has 0 fully saturated rings. The fourth-order valence-electron chi connectivity index (χ4n) is 4.59. The second-order valence-corrected chi connectivity index (χ2v) is 10.6. The van der Waals surface area contributed by atoms with Crippen molar-refractivity contribution in [3.8, 4) is 0 Å². The highest BCUT2D eigenvalue weighted by atomic mass is 32.1. The van der Waals surface area contributed by atoms with Crippen LogP contribution in [0, 0.1) is 0 Å². The topological polar surface area (TPSA) is 112 Å². The van der Waals surface area contributed by atoms with E-state index in [4.69, 9.17) is 18.9 Å². The van der Waals surface area contributed by atoms with Crippen molar-refractivity contribution in [2.45, 2.75) is 11.8 Å². The maximum Gasteiger partial charge on any atom is 0.336 e. The summed E-state index contributed by atoms with van der Waals surface area (Å²) in [4.78, 5) is 56.2. The van der Waals surface area contributed by atoms with Crippen LogP contribution in [0.1, 0.15) is 21.6 Å². The first-order valence-electron chi connectivity index (χ1n) is 12.1. The zero-order valence-corrected chi connectivity index (χ0v) is 24.0. The first-order valence-corrected chi connectivity index (χ1v) is 13.9. The molecular weight excluding hydrogens is 556 g/mol. The number of methoxy groups -OCH3 is 4. The molecule has 210 valence electrons. The lowest BCUT2D eigenvalue weighted by Gasteiger charge is -2.32. The van der Waals surface area contributed by atoms with E-state index in [1.807, 2.05) is 35.0 Å². The van der Waals surface area contributed by atoms with Gasteiger partial charge in [0.15, 0.2) is 0 Å². The number of carbonyl (C=O) groups excluding carboxylic acids is 4. The molecule has 0 saturated carbocycles. The molecule has 0 aliphatic carbocycles. The Morgan fingerprint density at radius 3 is 1.12 bits per heavy atom. The molecule has 2 aromatic rings. The van der Waals surface area contributed by atoms with Gasteiger partial charge >= 0.3 is 23.9 Å². The average Bonchev–Trinajstić information content (AvgIpc) is 3.72. The largest absolute Gasteiger partial charge is 0.466 e. The van der Waals surface area contributed by atoms with Crippen LogP contribution in [0.2, 0.25) is 0 Å². The Morgan fingerprint density at radius 1 is 0.600 bits per heavy atom. The van der Waals surface area contributed by atoms with Crippen LogP contribution >= 0.6 is 22.7 Å². The van der Waals surface area contributed by atoms with Gasteiger partial charge in [-0.05, 0) is 22.9 Å². The molecular formula is C28H28N2O8S2. The van der Waals surface area contributed by atoms with Gasteiger partial charge in [-0.15, -0.1) is 22.7 Å². The fraction of sp³-hybridized carbons (Fsp3) is 0.286. The Balaban J connectivity index is 1.68. The molecule has 0 amide bonds. The molecule has 0 N–H and O–H groups in total. The Kier molecular flexibility index (Phi) is 9.22. The first-order chi connectivity index (χ1) is 19.3. The lowest BCUT2D eigenvalue weighted by Crippen LogP contribution is -2.34. The molecule has 0 spiro atoms. The number of esters is 4. The van der Waals surface area contributed by atoms with E-state index in [1.54, 1.807) is 34.6 Å². The molecule has 2 aromatic heterocycles. The Hall–Kier alpha value is -4.16. The second kappa shape index (κ2) is 12.8. The van der Waals surface area contributed by atoms with Gasteiger partial charge in [-0.1, -0.05) is 12.1 Å². The number of hydrogen-bond donors (Lipinski definition) is 0. The Labute approximate surface area is 239 Å². The van der Waals surface area contributed by atoms with Crippen LogP contribution in [0.3, 0.4) is 0 Å². The Bertz CT molecular complexity index is 1210. The molecule has 0 bridgehead atoms. The normalized spacial score (nSPS) is 15.9. The minimum atomic E-state index is -0.644. The van der Waals surface area contributed by atoms with Gasteiger partial charge in [-0.2, -0.15) is 0 Å². The van der Waals surface area contributed by atoms with Crippen LogP contribution in [-0.4, -0.2) is 75.2 Å². The summed E-state index contributed by atoms with van der Waals surface area (Å²) in [5.74, 6) is -3.58. The van der Waals surface area contributed by atoms with E-state index in [0.29, 0.717) is 0 Å². The van der Waals surface area contributed by atoms with Crippen molar-refractivity contribution in [1.82, 2.24) is 9.80 Å². The van der Waals surface area contributed by atoms with Gasteiger partial charge in [0.1, 0.15) is 0 Å². The third kappa shape index (κ3) is 5.87. The van der Waals surface area contributed by atoms with Gasteiger partial charge in [0.05, 0.1) is 62.6 Å². The SMILES string of the molecule is COC(=O)C1=CN(CCN2C=C(C(=O)OC)C(c3cccs3)C(C(=O)OC)=C2)C=C(C(=O)OC)C1c1cccs1. The quantitative estimate of drug-likeness (QED) is 0.321. The zero-order chi connectivity index (χ0) is 28.8. The maximum atomic E-state index is 12.8. The summed E-state index contributed by atoms with van der Waals surface area (Å²) < 4.78 is 20.1. The molecule has 0 atom stereocenters. The van der Waals surface area contributed by atoms with Crippen LogP contribution < -0.4 is 0 Å². The summed E-state index contributed by atoms with van der Waals surface area (Å²) >= 11 is 2.83. The van der Waals surface area contributed by atoms with Crippen LogP contribution in [0.25, 0.3) is 0 Å². The van der Waals surface area contributed by atoms with E-state index in [2.05, 4.69) is 0 Å². The average molecular weight is 585 g/mol. The van der Waals surface area contributed by atoms with Crippen LogP contribution in [0.4, 0.5) is 0 Å². The molecule has 4 heterocycles. The molecule has 40 heavy (non-hydrogen) atoms. The second-order valence-electron chi connectivity index (χ2n) is 8.68. The number of carbonyl (C=O) groups is 4. The zero-order valence-electron chi connectivity index (χ0n) is 22.3. The molecule has 10 nitrogen and oxygen atoms in total. The van der Waals surface area contributed by atoms with Crippen LogP contribution in [-0.2, 0) is 38.1 Å². The standard InChI is InChI=1S/C28H28N2O8S2/c1-35-25(31)17-13-29(14-18(26(32)36-2)23(17)21-7-5-11-39-21)9-10-30-15-19(27(33)37-3)24(22-8-6-12-40-22)20(16-30)28(34)38-4/h5-8,11-16,23-24H,9-10H2,1-4H3. The smallest absolute Gasteiger partial charge is 0.336 e. The van der Waals surface area contributed by atoms with Gasteiger partial charge in [0, 0.05) is 47.6 Å².